The summed E-state index contributed by atoms with van der Waals surface area (Å²) in [5.74, 6) is -1.22. The third-order valence-electron chi connectivity index (χ3n) is 4.12. The van der Waals surface area contributed by atoms with Crippen molar-refractivity contribution in [2.45, 2.75) is 51.4 Å². The van der Waals surface area contributed by atoms with Gasteiger partial charge in [0.2, 0.25) is 0 Å². The number of amides is 1. The Morgan fingerprint density at radius 1 is 1.15 bits per heavy atom. The fourth-order valence-corrected chi connectivity index (χ4v) is 2.76. The highest BCUT2D eigenvalue weighted by Gasteiger charge is 2.57. The molecule has 1 saturated heterocycles. The van der Waals surface area contributed by atoms with Crippen molar-refractivity contribution in [3.05, 3.63) is 35.9 Å². The maximum atomic E-state index is 12.4. The first kappa shape index (κ1) is 19.8. The average Bonchev–Trinajstić information content (AvgIpc) is 2.55. The van der Waals surface area contributed by atoms with Crippen LogP contribution in [0.2, 0.25) is 0 Å². The Morgan fingerprint density at radius 3 is 2.31 bits per heavy atom. The number of rotatable bonds is 5. The number of hydrogen-bond acceptors (Lipinski definition) is 6. The normalized spacial score (nSPS) is 19.3. The molecule has 0 spiro atoms. The topological polar surface area (TPSA) is 82.1 Å². The van der Waals surface area contributed by atoms with Crippen LogP contribution in [0.4, 0.5) is 4.79 Å². The van der Waals surface area contributed by atoms with Crippen LogP contribution in [0.5, 0.6) is 0 Å². The highest BCUT2D eigenvalue weighted by Crippen LogP contribution is 2.37. The van der Waals surface area contributed by atoms with Crippen LogP contribution in [0.15, 0.2) is 30.3 Å². The number of ether oxygens (including phenoxy) is 3. The molecule has 7 nitrogen and oxygen atoms in total. The molecular weight excluding hydrogens is 338 g/mol. The molecule has 0 bridgehead atoms. The predicted molar refractivity (Wildman–Crippen MR) is 93.2 cm³/mol. The average molecular weight is 363 g/mol. The molecule has 0 aliphatic carbocycles. The predicted octanol–water partition coefficient (Wildman–Crippen LogP) is 2.67. The van der Waals surface area contributed by atoms with Crippen LogP contribution in [0.25, 0.3) is 0 Å². The zero-order valence-electron chi connectivity index (χ0n) is 15.6. The molecule has 1 heterocycles. The van der Waals surface area contributed by atoms with Crippen molar-refractivity contribution in [3.63, 3.8) is 0 Å². The lowest BCUT2D eigenvalue weighted by atomic mass is 9.81. The van der Waals surface area contributed by atoms with Crippen molar-refractivity contribution < 1.29 is 28.6 Å². The first-order chi connectivity index (χ1) is 12.2. The van der Waals surface area contributed by atoms with E-state index in [4.69, 9.17) is 14.2 Å². The van der Waals surface area contributed by atoms with Gasteiger partial charge < -0.3 is 14.2 Å². The monoisotopic (exact) mass is 363 g/mol. The van der Waals surface area contributed by atoms with Crippen molar-refractivity contribution in [2.75, 3.05) is 13.7 Å². The molecule has 1 aliphatic rings. The van der Waals surface area contributed by atoms with Crippen molar-refractivity contribution in [2.24, 2.45) is 0 Å². The van der Waals surface area contributed by atoms with E-state index >= 15 is 0 Å². The van der Waals surface area contributed by atoms with Gasteiger partial charge >= 0.3 is 18.0 Å². The summed E-state index contributed by atoms with van der Waals surface area (Å²) in [6, 6.07) is 9.22. The minimum Gasteiger partial charge on any atom is -0.467 e. The van der Waals surface area contributed by atoms with Crippen LogP contribution in [0.3, 0.4) is 0 Å². The fraction of sp³-hybridized carbons (Fsp3) is 0.526. The Labute approximate surface area is 153 Å². The van der Waals surface area contributed by atoms with Crippen LogP contribution < -0.4 is 0 Å². The largest absolute Gasteiger partial charge is 0.467 e. The Kier molecular flexibility index (Phi) is 5.90. The Hall–Kier alpha value is -2.57. The van der Waals surface area contributed by atoms with Crippen molar-refractivity contribution >= 4 is 18.0 Å². The van der Waals surface area contributed by atoms with Gasteiger partial charge in [-0.25, -0.2) is 9.59 Å². The molecule has 7 heteroatoms. The van der Waals surface area contributed by atoms with E-state index in [1.807, 2.05) is 30.3 Å². The van der Waals surface area contributed by atoms with Gasteiger partial charge in [-0.3, -0.25) is 9.69 Å². The number of nitrogens with zero attached hydrogens (tertiary/aromatic N) is 1. The molecule has 1 aliphatic heterocycles. The minimum absolute atomic E-state index is 0.101. The Morgan fingerprint density at radius 2 is 1.81 bits per heavy atom. The summed E-state index contributed by atoms with van der Waals surface area (Å²) in [6.07, 6.45) is -0.601. The zero-order valence-corrected chi connectivity index (χ0v) is 15.6. The summed E-state index contributed by atoms with van der Waals surface area (Å²) < 4.78 is 15.4. The molecule has 0 radical (unpaired) electrons. The van der Waals surface area contributed by atoms with Gasteiger partial charge in [-0.15, -0.1) is 0 Å². The summed E-state index contributed by atoms with van der Waals surface area (Å²) in [6.45, 7) is 5.62. The molecule has 0 saturated carbocycles. The first-order valence-corrected chi connectivity index (χ1v) is 8.46. The Balaban J connectivity index is 2.06. The highest BCUT2D eigenvalue weighted by atomic mass is 16.6. The lowest BCUT2D eigenvalue weighted by molar-refractivity contribution is -0.171. The molecule has 1 aromatic carbocycles. The number of benzene rings is 1. The maximum absolute atomic E-state index is 12.4. The van der Waals surface area contributed by atoms with Gasteiger partial charge in [0.05, 0.1) is 13.5 Å². The molecule has 1 amide bonds. The summed E-state index contributed by atoms with van der Waals surface area (Å²) in [5, 5.41) is 0. The van der Waals surface area contributed by atoms with E-state index in [2.05, 4.69) is 0 Å². The lowest BCUT2D eigenvalue weighted by Gasteiger charge is -2.49. The van der Waals surface area contributed by atoms with Crippen molar-refractivity contribution in [1.82, 2.24) is 4.90 Å². The van der Waals surface area contributed by atoms with Gasteiger partial charge in [-0.1, -0.05) is 30.3 Å². The summed E-state index contributed by atoms with van der Waals surface area (Å²) in [7, 11) is 1.23. The molecule has 2 rings (SSSR count). The van der Waals surface area contributed by atoms with Crippen molar-refractivity contribution in [1.29, 1.82) is 0 Å². The number of methoxy groups -OCH3 is 1. The maximum Gasteiger partial charge on any atom is 0.411 e. The molecular formula is C19H25NO6. The fourth-order valence-electron chi connectivity index (χ4n) is 2.76. The van der Waals surface area contributed by atoms with E-state index in [0.29, 0.717) is 13.0 Å². The van der Waals surface area contributed by atoms with Crippen LogP contribution >= 0.6 is 0 Å². The number of esters is 2. The van der Waals surface area contributed by atoms with Gasteiger partial charge in [0.15, 0.2) is 5.54 Å². The highest BCUT2D eigenvalue weighted by molar-refractivity contribution is 5.92. The second-order valence-electron chi connectivity index (χ2n) is 7.23. The molecule has 0 N–H and O–H groups in total. The molecule has 142 valence electrons. The van der Waals surface area contributed by atoms with E-state index in [1.165, 1.54) is 12.0 Å². The zero-order chi connectivity index (χ0) is 19.4. The van der Waals surface area contributed by atoms with E-state index in [1.54, 1.807) is 20.8 Å². The summed E-state index contributed by atoms with van der Waals surface area (Å²) in [5.41, 5.74) is -1.24. The van der Waals surface area contributed by atoms with E-state index < -0.39 is 29.2 Å². The standard InChI is InChI=1S/C19H25NO6/c1-18(2,3)26-17(23)20-11-10-19(20,16(22)24-4)12-15(21)25-13-14-8-6-5-7-9-14/h5-9H,10-13H2,1-4H3. The van der Waals surface area contributed by atoms with Crippen LogP contribution in [0, 0.1) is 0 Å². The van der Waals surface area contributed by atoms with Gasteiger partial charge in [0, 0.05) is 6.54 Å². The molecule has 1 atom stereocenters. The van der Waals surface area contributed by atoms with E-state index in [0.717, 1.165) is 5.56 Å². The van der Waals surface area contributed by atoms with Crippen LogP contribution in [-0.4, -0.2) is 47.7 Å². The number of carbonyl (C=O) groups is 3. The first-order valence-electron chi connectivity index (χ1n) is 8.46. The molecule has 1 aromatic rings. The van der Waals surface area contributed by atoms with Crippen LogP contribution in [-0.2, 0) is 30.4 Å². The Bertz CT molecular complexity index is 666. The van der Waals surface area contributed by atoms with Crippen LogP contribution in [0.1, 0.15) is 39.2 Å². The number of carbonyl (C=O) groups excluding carboxylic acids is 3. The third-order valence-corrected chi connectivity index (χ3v) is 4.12. The van der Waals surface area contributed by atoms with E-state index in [9.17, 15) is 14.4 Å². The lowest BCUT2D eigenvalue weighted by Crippen LogP contribution is -2.68. The SMILES string of the molecule is COC(=O)C1(CC(=O)OCc2ccccc2)CCN1C(=O)OC(C)(C)C. The second kappa shape index (κ2) is 7.76. The van der Waals surface area contributed by atoms with Gasteiger partial charge in [0.1, 0.15) is 12.2 Å². The summed E-state index contributed by atoms with van der Waals surface area (Å²) >= 11 is 0. The number of likely N-dealkylation sites (tertiary alicyclic amines) is 1. The van der Waals surface area contributed by atoms with Gasteiger partial charge in [0.25, 0.3) is 0 Å². The van der Waals surface area contributed by atoms with E-state index in [-0.39, 0.29) is 13.0 Å². The second-order valence-corrected chi connectivity index (χ2v) is 7.23. The number of hydrogen-bond donors (Lipinski definition) is 0. The molecule has 0 aromatic heterocycles. The van der Waals surface area contributed by atoms with Gasteiger partial charge in [-0.05, 0) is 32.8 Å². The molecule has 1 unspecified atom stereocenters. The quantitative estimate of drug-likeness (QED) is 0.591. The smallest absolute Gasteiger partial charge is 0.411 e. The summed E-state index contributed by atoms with van der Waals surface area (Å²) in [4.78, 5) is 38.2. The van der Waals surface area contributed by atoms with Gasteiger partial charge in [-0.2, -0.15) is 0 Å². The minimum atomic E-state index is -1.37. The molecule has 1 fully saturated rings. The van der Waals surface area contributed by atoms with Crippen molar-refractivity contribution in [3.8, 4) is 0 Å². The molecule has 26 heavy (non-hydrogen) atoms. The third kappa shape index (κ3) is 4.53.